The van der Waals surface area contributed by atoms with E-state index in [0.717, 1.165) is 0 Å². The lowest BCUT2D eigenvalue weighted by Crippen LogP contribution is -2.33. The third-order valence-electron chi connectivity index (χ3n) is 2.65. The first-order chi connectivity index (χ1) is 12.8. The molecule has 0 spiro atoms. The van der Waals surface area contributed by atoms with E-state index in [0.29, 0.717) is 52.7 Å². The summed E-state index contributed by atoms with van der Waals surface area (Å²) in [7, 11) is 1.32. The lowest BCUT2D eigenvalue weighted by atomic mass is 10.2. The second-order valence-electron chi connectivity index (χ2n) is 6.27. The first-order valence-electron chi connectivity index (χ1n) is 8.83. The monoisotopic (exact) mass is 395 g/mol. The van der Waals surface area contributed by atoms with E-state index in [1.165, 1.54) is 7.11 Å². The molecule has 10 heteroatoms. The molecule has 0 aliphatic heterocycles. The molecule has 160 valence electrons. The van der Waals surface area contributed by atoms with Crippen molar-refractivity contribution < 1.29 is 42.8 Å². The van der Waals surface area contributed by atoms with Crippen LogP contribution in [0.25, 0.3) is 0 Å². The molecule has 0 aromatic heterocycles. The number of ether oxygens (including phenoxy) is 6. The summed E-state index contributed by atoms with van der Waals surface area (Å²) < 4.78 is 30.5. The fourth-order valence-electron chi connectivity index (χ4n) is 1.53. The molecule has 0 atom stereocenters. The van der Waals surface area contributed by atoms with Gasteiger partial charge < -0.3 is 28.4 Å². The minimum Gasteiger partial charge on any atom is -0.467 e. The molecule has 0 aliphatic rings. The first kappa shape index (κ1) is 25.5. The predicted molar refractivity (Wildman–Crippen MR) is 95.2 cm³/mol. The second-order valence-corrected chi connectivity index (χ2v) is 6.27. The zero-order chi connectivity index (χ0) is 20.4. The number of esters is 1. The Kier molecular flexibility index (Phi) is 15.8. The van der Waals surface area contributed by atoms with E-state index in [1.807, 2.05) is 0 Å². The predicted octanol–water partition coefficient (Wildman–Crippen LogP) is 1.07. The summed E-state index contributed by atoms with van der Waals surface area (Å²) in [5.74, 6) is -0.391. The number of rotatable bonds is 16. The Morgan fingerprint density at radius 1 is 0.778 bits per heavy atom. The maximum Gasteiger partial charge on any atom is 0.431 e. The Hall–Kier alpha value is -1.46. The van der Waals surface area contributed by atoms with Crippen molar-refractivity contribution in [1.82, 2.24) is 5.48 Å². The van der Waals surface area contributed by atoms with E-state index in [4.69, 9.17) is 28.5 Å². The molecule has 0 radical (unpaired) electrons. The van der Waals surface area contributed by atoms with Gasteiger partial charge in [0.1, 0.15) is 12.2 Å². The van der Waals surface area contributed by atoms with Crippen LogP contribution in [-0.4, -0.2) is 84.2 Å². The molecule has 10 nitrogen and oxygen atoms in total. The number of hydroxylamine groups is 1. The smallest absolute Gasteiger partial charge is 0.431 e. The highest BCUT2D eigenvalue weighted by Crippen LogP contribution is 2.06. The molecule has 0 saturated heterocycles. The summed E-state index contributed by atoms with van der Waals surface area (Å²) in [6.07, 6.45) is 0.0538. The van der Waals surface area contributed by atoms with Crippen LogP contribution in [0.3, 0.4) is 0 Å². The van der Waals surface area contributed by atoms with Gasteiger partial charge in [0.25, 0.3) is 0 Å². The van der Waals surface area contributed by atoms with Gasteiger partial charge in [-0.2, -0.15) is 5.48 Å². The zero-order valence-electron chi connectivity index (χ0n) is 16.7. The fourth-order valence-corrected chi connectivity index (χ4v) is 1.53. The second kappa shape index (κ2) is 16.7. The molecule has 0 fully saturated rings. The van der Waals surface area contributed by atoms with Gasteiger partial charge >= 0.3 is 12.1 Å². The third kappa shape index (κ3) is 20.7. The standard InChI is InChI=1S/C17H33NO9/c1-17(2,3)27-16(20)18-26-13-12-24-11-10-23-9-8-22-6-5-7-25-14-15(19)21-4/h5-14H2,1-4H3,(H,18,20). The molecule has 0 unspecified atom stereocenters. The van der Waals surface area contributed by atoms with Crippen LogP contribution in [0.1, 0.15) is 27.2 Å². The molecule has 0 rings (SSSR count). The van der Waals surface area contributed by atoms with Gasteiger partial charge in [0, 0.05) is 13.2 Å². The van der Waals surface area contributed by atoms with Gasteiger partial charge in [-0.3, -0.25) is 4.84 Å². The molecule has 1 amide bonds. The topological polar surface area (TPSA) is 111 Å². The fraction of sp³-hybridized carbons (Fsp3) is 0.882. The average molecular weight is 395 g/mol. The minimum absolute atomic E-state index is 0.0400. The van der Waals surface area contributed by atoms with E-state index in [9.17, 15) is 9.59 Å². The first-order valence-corrected chi connectivity index (χ1v) is 8.83. The normalized spacial score (nSPS) is 11.3. The average Bonchev–Trinajstić information content (AvgIpc) is 2.59. The van der Waals surface area contributed by atoms with Crippen LogP contribution >= 0.6 is 0 Å². The maximum atomic E-state index is 11.3. The summed E-state index contributed by atoms with van der Waals surface area (Å²) in [5, 5.41) is 0. The molecule has 27 heavy (non-hydrogen) atoms. The lowest BCUT2D eigenvalue weighted by molar-refractivity contribution is -0.146. The zero-order valence-corrected chi connectivity index (χ0v) is 16.7. The molecule has 0 aliphatic carbocycles. The van der Waals surface area contributed by atoms with Crippen molar-refractivity contribution in [3.05, 3.63) is 0 Å². The van der Waals surface area contributed by atoms with Crippen molar-refractivity contribution in [3.63, 3.8) is 0 Å². The highest BCUT2D eigenvalue weighted by molar-refractivity contribution is 5.70. The van der Waals surface area contributed by atoms with Crippen LogP contribution in [0.4, 0.5) is 4.79 Å². The molecular weight excluding hydrogens is 362 g/mol. The van der Waals surface area contributed by atoms with Crippen molar-refractivity contribution in [2.45, 2.75) is 32.8 Å². The van der Waals surface area contributed by atoms with Crippen LogP contribution in [0, 0.1) is 0 Å². The molecular formula is C17H33NO9. The maximum absolute atomic E-state index is 11.3. The highest BCUT2D eigenvalue weighted by Gasteiger charge is 2.15. The molecule has 0 aromatic carbocycles. The van der Waals surface area contributed by atoms with Gasteiger partial charge in [0.15, 0.2) is 0 Å². The Morgan fingerprint density at radius 2 is 1.30 bits per heavy atom. The Balaban J connectivity index is 3.17. The van der Waals surface area contributed by atoms with Gasteiger partial charge in [-0.25, -0.2) is 9.59 Å². The molecule has 0 heterocycles. The van der Waals surface area contributed by atoms with Crippen molar-refractivity contribution in [2.75, 3.05) is 66.6 Å². The van der Waals surface area contributed by atoms with Crippen molar-refractivity contribution >= 4 is 12.1 Å². The summed E-state index contributed by atoms with van der Waals surface area (Å²) in [6.45, 7) is 8.54. The number of amides is 1. The van der Waals surface area contributed by atoms with Crippen LogP contribution in [-0.2, 0) is 38.1 Å². The van der Waals surface area contributed by atoms with E-state index in [1.54, 1.807) is 20.8 Å². The quantitative estimate of drug-likeness (QED) is 0.233. The van der Waals surface area contributed by atoms with Gasteiger partial charge in [-0.05, 0) is 27.2 Å². The SMILES string of the molecule is COC(=O)COCCCOCCOCCOCCONC(=O)OC(C)(C)C. The van der Waals surface area contributed by atoms with E-state index in [2.05, 4.69) is 10.2 Å². The van der Waals surface area contributed by atoms with Gasteiger partial charge in [-0.15, -0.1) is 0 Å². The molecule has 1 N–H and O–H groups in total. The number of carbonyl (C=O) groups is 2. The van der Waals surface area contributed by atoms with Crippen LogP contribution in [0.15, 0.2) is 0 Å². The summed E-state index contributed by atoms with van der Waals surface area (Å²) in [6, 6.07) is 0. The largest absolute Gasteiger partial charge is 0.467 e. The number of nitrogens with one attached hydrogen (secondary N) is 1. The summed E-state index contributed by atoms with van der Waals surface area (Å²) in [5.41, 5.74) is 1.60. The van der Waals surface area contributed by atoms with Gasteiger partial charge in [-0.1, -0.05) is 0 Å². The summed E-state index contributed by atoms with van der Waals surface area (Å²) in [4.78, 5) is 27.0. The van der Waals surface area contributed by atoms with Gasteiger partial charge in [0.05, 0.1) is 46.8 Å². The summed E-state index contributed by atoms with van der Waals surface area (Å²) >= 11 is 0. The number of methoxy groups -OCH3 is 1. The third-order valence-corrected chi connectivity index (χ3v) is 2.65. The lowest BCUT2D eigenvalue weighted by Gasteiger charge is -2.19. The van der Waals surface area contributed by atoms with E-state index < -0.39 is 17.7 Å². The highest BCUT2D eigenvalue weighted by atomic mass is 16.7. The van der Waals surface area contributed by atoms with Crippen LogP contribution < -0.4 is 5.48 Å². The van der Waals surface area contributed by atoms with Crippen LogP contribution in [0.2, 0.25) is 0 Å². The van der Waals surface area contributed by atoms with Crippen molar-refractivity contribution in [1.29, 1.82) is 0 Å². The molecule has 0 aromatic rings. The molecule has 0 bridgehead atoms. The Labute approximate surface area is 160 Å². The van der Waals surface area contributed by atoms with Crippen molar-refractivity contribution in [2.24, 2.45) is 0 Å². The Morgan fingerprint density at radius 3 is 1.85 bits per heavy atom. The Bertz CT molecular complexity index is 385. The van der Waals surface area contributed by atoms with Gasteiger partial charge in [0.2, 0.25) is 0 Å². The minimum atomic E-state index is -0.638. The van der Waals surface area contributed by atoms with E-state index in [-0.39, 0.29) is 13.2 Å². The number of hydrogen-bond acceptors (Lipinski definition) is 9. The number of carbonyl (C=O) groups excluding carboxylic acids is 2. The molecule has 0 saturated carbocycles. The van der Waals surface area contributed by atoms with Crippen molar-refractivity contribution in [3.8, 4) is 0 Å². The van der Waals surface area contributed by atoms with Crippen LogP contribution in [0.5, 0.6) is 0 Å². The number of hydrogen-bond donors (Lipinski definition) is 1. The van der Waals surface area contributed by atoms with E-state index >= 15 is 0 Å².